The first-order valence-corrected chi connectivity index (χ1v) is 13.0. The fourth-order valence-electron chi connectivity index (χ4n) is 4.49. The van der Waals surface area contributed by atoms with Crippen LogP contribution in [-0.4, -0.2) is 49.1 Å². The third kappa shape index (κ3) is 8.73. The molecule has 1 amide bonds. The van der Waals surface area contributed by atoms with Crippen molar-refractivity contribution in [3.63, 3.8) is 0 Å². The summed E-state index contributed by atoms with van der Waals surface area (Å²) in [6.45, 7) is 3.74. The highest BCUT2D eigenvalue weighted by Crippen LogP contribution is 2.29. The number of ether oxygens (including phenoxy) is 5. The molecule has 8 heteroatoms. The van der Waals surface area contributed by atoms with Gasteiger partial charge in [0.25, 0.3) is 0 Å². The second-order valence-corrected chi connectivity index (χ2v) is 9.40. The first-order valence-electron chi connectivity index (χ1n) is 13.0. The Bertz CT molecular complexity index is 1160. The SMILES string of the molecule is CC(=O)N[C@H]1C(OCc2ccccc2)O[C@H](COCc2ccccc2)[C@@H](OCc2ccccc2)[C@@H]1OC(C)=O. The van der Waals surface area contributed by atoms with Crippen molar-refractivity contribution in [3.05, 3.63) is 108 Å². The van der Waals surface area contributed by atoms with Crippen LogP contribution in [0.3, 0.4) is 0 Å². The van der Waals surface area contributed by atoms with E-state index in [1.165, 1.54) is 13.8 Å². The minimum Gasteiger partial charge on any atom is -0.457 e. The molecule has 3 aromatic carbocycles. The lowest BCUT2D eigenvalue weighted by atomic mass is 9.96. The number of amides is 1. The normalized spacial score (nSPS) is 22.7. The lowest BCUT2D eigenvalue weighted by Gasteiger charge is -2.45. The number of carbonyl (C=O) groups excluding carboxylic acids is 2. The Morgan fingerprint density at radius 1 is 0.718 bits per heavy atom. The van der Waals surface area contributed by atoms with Crippen molar-refractivity contribution in [2.45, 2.75) is 64.3 Å². The van der Waals surface area contributed by atoms with Crippen LogP contribution in [0.5, 0.6) is 0 Å². The highest BCUT2D eigenvalue weighted by atomic mass is 16.7. The van der Waals surface area contributed by atoms with Crippen LogP contribution in [0.2, 0.25) is 0 Å². The van der Waals surface area contributed by atoms with Crippen LogP contribution in [0.1, 0.15) is 30.5 Å². The highest BCUT2D eigenvalue weighted by Gasteiger charge is 2.50. The van der Waals surface area contributed by atoms with Crippen LogP contribution >= 0.6 is 0 Å². The Morgan fingerprint density at radius 2 is 1.23 bits per heavy atom. The number of esters is 1. The Kier molecular flexibility index (Phi) is 10.6. The Hall–Kier alpha value is -3.56. The summed E-state index contributed by atoms with van der Waals surface area (Å²) in [7, 11) is 0. The zero-order chi connectivity index (χ0) is 27.5. The van der Waals surface area contributed by atoms with Crippen LogP contribution in [0.4, 0.5) is 0 Å². The quantitative estimate of drug-likeness (QED) is 0.350. The molecule has 5 atom stereocenters. The van der Waals surface area contributed by atoms with E-state index in [1.807, 2.05) is 91.0 Å². The van der Waals surface area contributed by atoms with Crippen LogP contribution in [-0.2, 0) is 53.1 Å². The molecule has 206 valence electrons. The first-order chi connectivity index (χ1) is 19.0. The van der Waals surface area contributed by atoms with Gasteiger partial charge >= 0.3 is 5.97 Å². The van der Waals surface area contributed by atoms with Gasteiger partial charge in [0, 0.05) is 13.8 Å². The van der Waals surface area contributed by atoms with Gasteiger partial charge in [-0.2, -0.15) is 0 Å². The molecule has 4 rings (SSSR count). The number of nitrogens with one attached hydrogen (secondary N) is 1. The molecule has 1 fully saturated rings. The van der Waals surface area contributed by atoms with Gasteiger partial charge in [-0.1, -0.05) is 91.0 Å². The Morgan fingerprint density at radius 3 is 1.74 bits per heavy atom. The highest BCUT2D eigenvalue weighted by molar-refractivity contribution is 5.73. The van der Waals surface area contributed by atoms with Crippen LogP contribution in [0, 0.1) is 0 Å². The number of rotatable bonds is 12. The molecule has 0 aliphatic carbocycles. The number of hydrogen-bond acceptors (Lipinski definition) is 7. The molecule has 0 saturated carbocycles. The van der Waals surface area contributed by atoms with Gasteiger partial charge in [-0.3, -0.25) is 9.59 Å². The molecule has 8 nitrogen and oxygen atoms in total. The third-order valence-electron chi connectivity index (χ3n) is 6.25. The summed E-state index contributed by atoms with van der Waals surface area (Å²) in [5, 5.41) is 2.87. The number of carbonyl (C=O) groups is 2. The lowest BCUT2D eigenvalue weighted by Crippen LogP contribution is -2.66. The van der Waals surface area contributed by atoms with Gasteiger partial charge in [0.15, 0.2) is 12.4 Å². The fourth-order valence-corrected chi connectivity index (χ4v) is 4.49. The van der Waals surface area contributed by atoms with Crippen molar-refractivity contribution in [1.82, 2.24) is 5.32 Å². The van der Waals surface area contributed by atoms with Gasteiger partial charge in [-0.25, -0.2) is 0 Å². The van der Waals surface area contributed by atoms with Gasteiger partial charge in [0.2, 0.25) is 5.91 Å². The summed E-state index contributed by atoms with van der Waals surface area (Å²) >= 11 is 0. The summed E-state index contributed by atoms with van der Waals surface area (Å²) in [5.41, 5.74) is 2.90. The predicted molar refractivity (Wildman–Crippen MR) is 144 cm³/mol. The largest absolute Gasteiger partial charge is 0.457 e. The van der Waals surface area contributed by atoms with E-state index in [9.17, 15) is 9.59 Å². The van der Waals surface area contributed by atoms with E-state index in [4.69, 9.17) is 23.7 Å². The van der Waals surface area contributed by atoms with E-state index in [0.29, 0.717) is 6.61 Å². The number of hydrogen-bond donors (Lipinski definition) is 1. The summed E-state index contributed by atoms with van der Waals surface area (Å²) in [6, 6.07) is 28.3. The van der Waals surface area contributed by atoms with Crippen molar-refractivity contribution in [1.29, 1.82) is 0 Å². The first kappa shape index (κ1) is 28.4. The van der Waals surface area contributed by atoms with E-state index in [-0.39, 0.29) is 25.7 Å². The lowest BCUT2D eigenvalue weighted by molar-refractivity contribution is -0.287. The van der Waals surface area contributed by atoms with E-state index in [0.717, 1.165) is 16.7 Å². The van der Waals surface area contributed by atoms with Crippen molar-refractivity contribution < 1.29 is 33.3 Å². The molecule has 1 saturated heterocycles. The van der Waals surface area contributed by atoms with E-state index >= 15 is 0 Å². The summed E-state index contributed by atoms with van der Waals surface area (Å²) in [6.07, 6.45) is -3.18. The minimum absolute atomic E-state index is 0.157. The van der Waals surface area contributed by atoms with E-state index < -0.39 is 36.6 Å². The standard InChI is InChI=1S/C31H35NO7/c1-22(33)32-28-30(38-23(2)34)29(36-19-25-14-8-4-9-15-25)27(21-35-18-24-12-6-3-7-13-24)39-31(28)37-20-26-16-10-5-11-17-26/h3-17,27-31H,18-21H2,1-2H3,(H,32,33)/t27-,28-,29-,30-,31?/m1/s1. The Balaban J connectivity index is 1.58. The van der Waals surface area contributed by atoms with E-state index in [1.54, 1.807) is 0 Å². The van der Waals surface area contributed by atoms with E-state index in [2.05, 4.69) is 5.32 Å². The summed E-state index contributed by atoms with van der Waals surface area (Å²) in [4.78, 5) is 24.5. The molecule has 1 aliphatic rings. The topological polar surface area (TPSA) is 92.3 Å². The monoisotopic (exact) mass is 533 g/mol. The number of benzene rings is 3. The molecular formula is C31H35NO7. The van der Waals surface area contributed by atoms with Crippen molar-refractivity contribution in [2.24, 2.45) is 0 Å². The van der Waals surface area contributed by atoms with Gasteiger partial charge in [0.1, 0.15) is 18.2 Å². The molecule has 39 heavy (non-hydrogen) atoms. The maximum absolute atomic E-state index is 12.3. The molecule has 1 heterocycles. The molecular weight excluding hydrogens is 498 g/mol. The maximum atomic E-state index is 12.3. The zero-order valence-corrected chi connectivity index (χ0v) is 22.2. The molecule has 0 radical (unpaired) electrons. The fraction of sp³-hybridized carbons (Fsp3) is 0.355. The maximum Gasteiger partial charge on any atom is 0.303 e. The predicted octanol–water partition coefficient (Wildman–Crippen LogP) is 4.17. The van der Waals surface area contributed by atoms with Crippen LogP contribution in [0.25, 0.3) is 0 Å². The van der Waals surface area contributed by atoms with Crippen LogP contribution < -0.4 is 5.32 Å². The molecule has 0 aromatic heterocycles. The van der Waals surface area contributed by atoms with Crippen molar-refractivity contribution >= 4 is 11.9 Å². The molecule has 0 bridgehead atoms. The van der Waals surface area contributed by atoms with Gasteiger partial charge in [0.05, 0.1) is 26.4 Å². The van der Waals surface area contributed by atoms with Crippen molar-refractivity contribution in [2.75, 3.05) is 6.61 Å². The summed E-state index contributed by atoms with van der Waals surface area (Å²) in [5.74, 6) is -0.814. The molecule has 3 aromatic rings. The average Bonchev–Trinajstić information content (AvgIpc) is 2.94. The average molecular weight is 534 g/mol. The molecule has 1 N–H and O–H groups in total. The van der Waals surface area contributed by atoms with Gasteiger partial charge in [-0.15, -0.1) is 0 Å². The van der Waals surface area contributed by atoms with Crippen molar-refractivity contribution in [3.8, 4) is 0 Å². The van der Waals surface area contributed by atoms with Crippen LogP contribution in [0.15, 0.2) is 91.0 Å². The zero-order valence-electron chi connectivity index (χ0n) is 22.2. The molecule has 1 unspecified atom stereocenters. The molecule has 1 aliphatic heterocycles. The minimum atomic E-state index is -0.916. The second-order valence-electron chi connectivity index (χ2n) is 9.40. The second kappa shape index (κ2) is 14.6. The summed E-state index contributed by atoms with van der Waals surface area (Å²) < 4.78 is 30.7. The smallest absolute Gasteiger partial charge is 0.303 e. The Labute approximate surface area is 229 Å². The molecule has 0 spiro atoms. The van der Waals surface area contributed by atoms with Gasteiger partial charge < -0.3 is 29.0 Å². The van der Waals surface area contributed by atoms with Gasteiger partial charge in [-0.05, 0) is 16.7 Å². The third-order valence-corrected chi connectivity index (χ3v) is 6.25.